The van der Waals surface area contributed by atoms with Gasteiger partial charge in [0.15, 0.2) is 0 Å². The largest absolute Gasteiger partial charge is 0.382 e. The van der Waals surface area contributed by atoms with E-state index >= 15 is 0 Å². The summed E-state index contributed by atoms with van der Waals surface area (Å²) in [4.78, 5) is 0. The lowest BCUT2D eigenvalue weighted by Crippen LogP contribution is -2.11. The normalized spacial score (nSPS) is 13.2. The molecule has 0 heterocycles. The van der Waals surface area contributed by atoms with Crippen LogP contribution in [-0.2, 0) is 12.8 Å². The van der Waals surface area contributed by atoms with Gasteiger partial charge < -0.3 is 5.11 Å². The van der Waals surface area contributed by atoms with E-state index in [1.54, 1.807) is 6.07 Å². The molecule has 0 radical (unpaired) electrons. The highest BCUT2D eigenvalue weighted by atomic mass is 19.3. The third kappa shape index (κ3) is 2.75. The molecule has 0 aliphatic carbocycles. The first-order chi connectivity index (χ1) is 7.10. The molecular weight excluding hydrogens is 198 g/mol. The van der Waals surface area contributed by atoms with Crippen molar-refractivity contribution in [3.8, 4) is 0 Å². The Balaban J connectivity index is 3.11. The summed E-state index contributed by atoms with van der Waals surface area (Å²) >= 11 is 0. The molecule has 84 valence electrons. The van der Waals surface area contributed by atoms with Crippen LogP contribution in [0.2, 0.25) is 0 Å². The molecule has 1 N–H and O–H groups in total. The molecule has 0 saturated heterocycles. The molecule has 15 heavy (non-hydrogen) atoms. The SMILES string of the molecule is CCc1ccc(CC)c(C(O)C(F)F)c1. The summed E-state index contributed by atoms with van der Waals surface area (Å²) in [6.45, 7) is 3.85. The zero-order chi connectivity index (χ0) is 11.4. The van der Waals surface area contributed by atoms with E-state index in [1.807, 2.05) is 26.0 Å². The topological polar surface area (TPSA) is 20.2 Å². The Kier molecular flexibility index (Phi) is 4.21. The molecule has 0 saturated carbocycles. The number of halogens is 2. The first-order valence-corrected chi connectivity index (χ1v) is 5.18. The van der Waals surface area contributed by atoms with Crippen molar-refractivity contribution in [2.45, 2.75) is 39.2 Å². The average Bonchev–Trinajstić information content (AvgIpc) is 2.27. The molecule has 0 fully saturated rings. The maximum Gasteiger partial charge on any atom is 0.268 e. The van der Waals surface area contributed by atoms with Crippen LogP contribution in [0.5, 0.6) is 0 Å². The quantitative estimate of drug-likeness (QED) is 0.816. The minimum atomic E-state index is -2.72. The van der Waals surface area contributed by atoms with Crippen LogP contribution in [0.1, 0.15) is 36.6 Å². The van der Waals surface area contributed by atoms with E-state index < -0.39 is 12.5 Å². The second kappa shape index (κ2) is 5.21. The lowest BCUT2D eigenvalue weighted by molar-refractivity contribution is -0.00627. The molecule has 1 nitrogen and oxygen atoms in total. The summed E-state index contributed by atoms with van der Waals surface area (Å²) < 4.78 is 24.8. The molecule has 1 aromatic rings. The zero-order valence-corrected chi connectivity index (χ0v) is 9.00. The fourth-order valence-electron chi connectivity index (χ4n) is 1.60. The standard InChI is InChI=1S/C12H16F2O/c1-3-8-5-6-9(4-2)10(7-8)11(15)12(13)14/h5-7,11-12,15H,3-4H2,1-2H3. The van der Waals surface area contributed by atoms with Crippen molar-refractivity contribution in [3.05, 3.63) is 34.9 Å². The number of aliphatic hydroxyl groups is 1. The molecule has 0 bridgehead atoms. The minimum Gasteiger partial charge on any atom is -0.382 e. The summed E-state index contributed by atoms with van der Waals surface area (Å²) in [5.74, 6) is 0. The molecule has 0 aliphatic rings. The summed E-state index contributed by atoms with van der Waals surface area (Å²) in [7, 11) is 0. The smallest absolute Gasteiger partial charge is 0.268 e. The molecule has 1 atom stereocenters. The van der Waals surface area contributed by atoms with Gasteiger partial charge in [-0.25, -0.2) is 8.78 Å². The van der Waals surface area contributed by atoms with Crippen LogP contribution in [0.3, 0.4) is 0 Å². The van der Waals surface area contributed by atoms with Gasteiger partial charge in [0.05, 0.1) is 0 Å². The van der Waals surface area contributed by atoms with E-state index in [4.69, 9.17) is 0 Å². The van der Waals surface area contributed by atoms with Gasteiger partial charge in [0, 0.05) is 0 Å². The van der Waals surface area contributed by atoms with Gasteiger partial charge in [0.25, 0.3) is 6.43 Å². The lowest BCUT2D eigenvalue weighted by atomic mass is 9.97. The van der Waals surface area contributed by atoms with E-state index in [0.717, 1.165) is 17.5 Å². The van der Waals surface area contributed by atoms with Crippen molar-refractivity contribution < 1.29 is 13.9 Å². The van der Waals surface area contributed by atoms with Crippen molar-refractivity contribution in [3.63, 3.8) is 0 Å². The van der Waals surface area contributed by atoms with Crippen LogP contribution in [0.25, 0.3) is 0 Å². The van der Waals surface area contributed by atoms with Gasteiger partial charge in [-0.15, -0.1) is 0 Å². The predicted molar refractivity (Wildman–Crippen MR) is 56.2 cm³/mol. The van der Waals surface area contributed by atoms with Crippen molar-refractivity contribution in [2.24, 2.45) is 0 Å². The number of hydrogen-bond acceptors (Lipinski definition) is 1. The summed E-state index contributed by atoms with van der Waals surface area (Å²) in [6.07, 6.45) is -2.94. The molecule has 3 heteroatoms. The first kappa shape index (κ1) is 12.1. The number of benzene rings is 1. The summed E-state index contributed by atoms with van der Waals surface area (Å²) in [6, 6.07) is 5.41. The Morgan fingerprint density at radius 3 is 2.33 bits per heavy atom. The highest BCUT2D eigenvalue weighted by Gasteiger charge is 2.21. The second-order valence-electron chi connectivity index (χ2n) is 3.52. The molecule has 0 spiro atoms. The Labute approximate surface area is 88.7 Å². The molecule has 1 rings (SSSR count). The van der Waals surface area contributed by atoms with E-state index in [2.05, 4.69) is 0 Å². The van der Waals surface area contributed by atoms with Gasteiger partial charge in [-0.3, -0.25) is 0 Å². The highest BCUT2D eigenvalue weighted by molar-refractivity contribution is 5.34. The number of rotatable bonds is 4. The van der Waals surface area contributed by atoms with Crippen LogP contribution in [0.15, 0.2) is 18.2 Å². The Morgan fingerprint density at radius 2 is 1.87 bits per heavy atom. The van der Waals surface area contributed by atoms with Gasteiger partial charge in [0.2, 0.25) is 0 Å². The maximum absolute atomic E-state index is 12.4. The lowest BCUT2D eigenvalue weighted by Gasteiger charge is -2.15. The van der Waals surface area contributed by atoms with E-state index in [1.165, 1.54) is 0 Å². The average molecular weight is 214 g/mol. The van der Waals surface area contributed by atoms with Crippen molar-refractivity contribution in [1.29, 1.82) is 0 Å². The fourth-order valence-corrected chi connectivity index (χ4v) is 1.60. The second-order valence-corrected chi connectivity index (χ2v) is 3.52. The van der Waals surface area contributed by atoms with Gasteiger partial charge in [-0.1, -0.05) is 32.0 Å². The predicted octanol–water partition coefficient (Wildman–Crippen LogP) is 3.11. The first-order valence-electron chi connectivity index (χ1n) is 5.18. The summed E-state index contributed by atoms with van der Waals surface area (Å²) in [5.41, 5.74) is 2.13. The molecule has 1 unspecified atom stereocenters. The third-order valence-electron chi connectivity index (χ3n) is 2.56. The van der Waals surface area contributed by atoms with Gasteiger partial charge in [-0.05, 0) is 29.5 Å². The van der Waals surface area contributed by atoms with E-state index in [-0.39, 0.29) is 0 Å². The fraction of sp³-hybridized carbons (Fsp3) is 0.500. The number of alkyl halides is 2. The van der Waals surface area contributed by atoms with Crippen LogP contribution in [-0.4, -0.2) is 11.5 Å². The highest BCUT2D eigenvalue weighted by Crippen LogP contribution is 2.25. The maximum atomic E-state index is 12.4. The van der Waals surface area contributed by atoms with Gasteiger partial charge in [-0.2, -0.15) is 0 Å². The van der Waals surface area contributed by atoms with E-state index in [0.29, 0.717) is 12.0 Å². The molecule has 0 amide bonds. The van der Waals surface area contributed by atoms with Crippen LogP contribution < -0.4 is 0 Å². The van der Waals surface area contributed by atoms with Gasteiger partial charge >= 0.3 is 0 Å². The van der Waals surface area contributed by atoms with Crippen molar-refractivity contribution in [2.75, 3.05) is 0 Å². The molecule has 0 aliphatic heterocycles. The monoisotopic (exact) mass is 214 g/mol. The Morgan fingerprint density at radius 1 is 1.20 bits per heavy atom. The summed E-state index contributed by atoms with van der Waals surface area (Å²) in [5, 5.41) is 9.38. The molecule has 1 aromatic carbocycles. The molecular formula is C12H16F2O. The van der Waals surface area contributed by atoms with Crippen LogP contribution in [0, 0.1) is 0 Å². The van der Waals surface area contributed by atoms with Gasteiger partial charge in [0.1, 0.15) is 6.10 Å². The number of aliphatic hydroxyl groups excluding tert-OH is 1. The number of aryl methyl sites for hydroxylation is 2. The van der Waals surface area contributed by atoms with E-state index in [9.17, 15) is 13.9 Å². The molecule has 0 aromatic heterocycles. The number of hydrogen-bond donors (Lipinski definition) is 1. The zero-order valence-electron chi connectivity index (χ0n) is 9.00. The Bertz CT molecular complexity index is 323. The van der Waals surface area contributed by atoms with Crippen LogP contribution in [0.4, 0.5) is 8.78 Å². The van der Waals surface area contributed by atoms with Crippen molar-refractivity contribution in [1.82, 2.24) is 0 Å². The third-order valence-corrected chi connectivity index (χ3v) is 2.56. The Hall–Kier alpha value is -0.960. The van der Waals surface area contributed by atoms with Crippen LogP contribution >= 0.6 is 0 Å². The van der Waals surface area contributed by atoms with Crippen molar-refractivity contribution >= 4 is 0 Å². The minimum absolute atomic E-state index is 0.367.